The van der Waals surface area contributed by atoms with E-state index in [2.05, 4.69) is 31.7 Å². The molecule has 3 nitrogen and oxygen atoms in total. The zero-order valence-electron chi connectivity index (χ0n) is 15.1. The van der Waals surface area contributed by atoms with Crippen molar-refractivity contribution in [1.29, 1.82) is 0 Å². The van der Waals surface area contributed by atoms with Gasteiger partial charge in [0.1, 0.15) is 0 Å². The molecule has 1 saturated carbocycles. The molecular weight excluding hydrogens is 320 g/mol. The minimum Gasteiger partial charge on any atom is -0.393 e. The highest BCUT2D eigenvalue weighted by atomic mass is 32.1. The fourth-order valence-corrected chi connectivity index (χ4v) is 3.63. The molecule has 140 valence electrons. The van der Waals surface area contributed by atoms with E-state index in [4.69, 9.17) is 0 Å². The van der Waals surface area contributed by atoms with Crippen LogP contribution in [0.25, 0.3) is 0 Å². The summed E-state index contributed by atoms with van der Waals surface area (Å²) in [6.45, 7) is 2.15. The van der Waals surface area contributed by atoms with Crippen LogP contribution in [-0.2, 0) is 0 Å². The van der Waals surface area contributed by atoms with E-state index in [9.17, 15) is 15.3 Å². The van der Waals surface area contributed by atoms with Crippen LogP contribution in [0, 0.1) is 11.8 Å². The first-order valence-corrected chi connectivity index (χ1v) is 10.2. The van der Waals surface area contributed by atoms with E-state index >= 15 is 0 Å². The van der Waals surface area contributed by atoms with Gasteiger partial charge < -0.3 is 15.3 Å². The Kier molecular flexibility index (Phi) is 11.8. The van der Waals surface area contributed by atoms with Crippen LogP contribution >= 0.6 is 12.6 Å². The average Bonchev–Trinajstić information content (AvgIpc) is 2.82. The maximum Gasteiger partial charge on any atom is 0.0721 e. The molecule has 0 aliphatic heterocycles. The lowest BCUT2D eigenvalue weighted by Gasteiger charge is -2.19. The van der Waals surface area contributed by atoms with Crippen molar-refractivity contribution in [2.75, 3.05) is 5.75 Å². The Bertz CT molecular complexity index is 370. The van der Waals surface area contributed by atoms with Crippen molar-refractivity contribution < 1.29 is 15.3 Å². The summed E-state index contributed by atoms with van der Waals surface area (Å²) in [6.07, 6.45) is 15.2. The van der Waals surface area contributed by atoms with Crippen LogP contribution < -0.4 is 0 Å². The summed E-state index contributed by atoms with van der Waals surface area (Å²) < 4.78 is 0. The fourth-order valence-electron chi connectivity index (χ4n) is 3.41. The van der Waals surface area contributed by atoms with Gasteiger partial charge in [-0.05, 0) is 43.8 Å². The van der Waals surface area contributed by atoms with Gasteiger partial charge in [0.05, 0.1) is 18.3 Å². The van der Waals surface area contributed by atoms with Crippen LogP contribution in [0.1, 0.15) is 64.7 Å². The van der Waals surface area contributed by atoms with Crippen molar-refractivity contribution in [3.63, 3.8) is 0 Å². The Hall–Kier alpha value is -0.290. The van der Waals surface area contributed by atoms with Crippen LogP contribution in [0.15, 0.2) is 24.3 Å². The predicted molar refractivity (Wildman–Crippen MR) is 104 cm³/mol. The zero-order valence-corrected chi connectivity index (χ0v) is 16.0. The SMILES string of the molecule is CCCCCC(O)C=C[C@H]1C(O)CC(O)[C@@H]1CC=CCCCCS. The van der Waals surface area contributed by atoms with E-state index in [0.717, 1.165) is 57.1 Å². The lowest BCUT2D eigenvalue weighted by atomic mass is 9.89. The van der Waals surface area contributed by atoms with Gasteiger partial charge in [0.2, 0.25) is 0 Å². The number of aliphatic hydroxyl groups is 3. The summed E-state index contributed by atoms with van der Waals surface area (Å²) in [4.78, 5) is 0. The Morgan fingerprint density at radius 1 is 1.08 bits per heavy atom. The molecule has 24 heavy (non-hydrogen) atoms. The Morgan fingerprint density at radius 2 is 1.88 bits per heavy atom. The van der Waals surface area contributed by atoms with E-state index in [0.29, 0.717) is 6.42 Å². The molecule has 3 unspecified atom stereocenters. The van der Waals surface area contributed by atoms with Crippen molar-refractivity contribution >= 4 is 12.6 Å². The Labute approximate surface area is 153 Å². The minimum absolute atomic E-state index is 0.0419. The molecule has 0 radical (unpaired) electrons. The van der Waals surface area contributed by atoms with E-state index in [1.807, 2.05) is 12.2 Å². The van der Waals surface area contributed by atoms with E-state index in [1.54, 1.807) is 0 Å². The number of thiol groups is 1. The van der Waals surface area contributed by atoms with Gasteiger partial charge in [0.15, 0.2) is 0 Å². The lowest BCUT2D eigenvalue weighted by Crippen LogP contribution is -2.20. The molecule has 0 spiro atoms. The van der Waals surface area contributed by atoms with Crippen LogP contribution in [0.2, 0.25) is 0 Å². The summed E-state index contributed by atoms with van der Waals surface area (Å²) in [5.41, 5.74) is 0. The molecule has 1 aliphatic carbocycles. The molecule has 1 fully saturated rings. The second-order valence-electron chi connectivity index (χ2n) is 6.99. The molecule has 0 saturated heterocycles. The first-order chi connectivity index (χ1) is 11.6. The zero-order chi connectivity index (χ0) is 17.8. The van der Waals surface area contributed by atoms with Gasteiger partial charge in [0, 0.05) is 12.3 Å². The standard InChI is InChI=1S/C20H36O3S/c1-2-3-7-10-16(21)12-13-18-17(19(22)15-20(18)23)11-8-5-4-6-9-14-24/h5,8,12-13,16-24H,2-4,6-7,9-11,14-15H2,1H3/t16?,17-,18-,19?,20?/m1/s1. The summed E-state index contributed by atoms with van der Waals surface area (Å²) >= 11 is 4.20. The molecule has 1 aliphatic rings. The molecular formula is C20H36O3S. The van der Waals surface area contributed by atoms with Crippen molar-refractivity contribution in [3.8, 4) is 0 Å². The van der Waals surface area contributed by atoms with Gasteiger partial charge >= 0.3 is 0 Å². The Morgan fingerprint density at radius 3 is 2.58 bits per heavy atom. The number of unbranched alkanes of at least 4 members (excludes halogenated alkanes) is 4. The molecule has 0 amide bonds. The normalized spacial score (nSPS) is 29.0. The molecule has 5 atom stereocenters. The first kappa shape index (κ1) is 21.8. The first-order valence-electron chi connectivity index (χ1n) is 9.58. The maximum absolute atomic E-state index is 10.2. The van der Waals surface area contributed by atoms with Gasteiger partial charge in [-0.15, -0.1) is 0 Å². The molecule has 1 rings (SSSR count). The predicted octanol–water partition coefficient (Wildman–Crippen LogP) is 3.89. The molecule has 0 heterocycles. The highest BCUT2D eigenvalue weighted by molar-refractivity contribution is 7.80. The van der Waals surface area contributed by atoms with Crippen molar-refractivity contribution in [3.05, 3.63) is 24.3 Å². The smallest absolute Gasteiger partial charge is 0.0721 e. The van der Waals surface area contributed by atoms with E-state index in [-0.39, 0.29) is 11.8 Å². The summed E-state index contributed by atoms with van der Waals surface area (Å²) in [6, 6.07) is 0. The fraction of sp³-hybridized carbons (Fsp3) is 0.800. The van der Waals surface area contributed by atoms with Crippen molar-refractivity contribution in [1.82, 2.24) is 0 Å². The van der Waals surface area contributed by atoms with E-state index < -0.39 is 18.3 Å². The lowest BCUT2D eigenvalue weighted by molar-refractivity contribution is 0.120. The molecule has 3 N–H and O–H groups in total. The average molecular weight is 357 g/mol. The van der Waals surface area contributed by atoms with Gasteiger partial charge in [-0.3, -0.25) is 0 Å². The highest BCUT2D eigenvalue weighted by Gasteiger charge is 2.39. The van der Waals surface area contributed by atoms with Crippen LogP contribution in [0.3, 0.4) is 0 Å². The number of allylic oxidation sites excluding steroid dienone is 2. The highest BCUT2D eigenvalue weighted by Crippen LogP contribution is 2.36. The largest absolute Gasteiger partial charge is 0.393 e. The minimum atomic E-state index is -0.512. The van der Waals surface area contributed by atoms with Gasteiger partial charge in [-0.25, -0.2) is 0 Å². The van der Waals surface area contributed by atoms with Gasteiger partial charge in [-0.1, -0.05) is 50.5 Å². The third-order valence-corrected chi connectivity index (χ3v) is 5.24. The second-order valence-corrected chi connectivity index (χ2v) is 7.43. The maximum atomic E-state index is 10.2. The van der Waals surface area contributed by atoms with Crippen LogP contribution in [0.5, 0.6) is 0 Å². The number of rotatable bonds is 12. The third kappa shape index (κ3) is 8.19. The molecule has 0 bridgehead atoms. The van der Waals surface area contributed by atoms with Crippen molar-refractivity contribution in [2.24, 2.45) is 11.8 Å². The number of hydrogen-bond donors (Lipinski definition) is 4. The monoisotopic (exact) mass is 356 g/mol. The summed E-state index contributed by atoms with van der Waals surface area (Å²) in [5, 5.41) is 30.4. The third-order valence-electron chi connectivity index (χ3n) is 4.93. The Balaban J connectivity index is 2.46. The van der Waals surface area contributed by atoms with Crippen LogP contribution in [-0.4, -0.2) is 39.4 Å². The summed E-state index contributed by atoms with van der Waals surface area (Å²) in [7, 11) is 0. The van der Waals surface area contributed by atoms with Gasteiger partial charge in [0.25, 0.3) is 0 Å². The number of aliphatic hydroxyl groups excluding tert-OH is 3. The molecule has 0 aromatic heterocycles. The van der Waals surface area contributed by atoms with Gasteiger partial charge in [-0.2, -0.15) is 12.6 Å². The van der Waals surface area contributed by atoms with Crippen molar-refractivity contribution in [2.45, 2.75) is 83.0 Å². The van der Waals surface area contributed by atoms with Crippen LogP contribution in [0.4, 0.5) is 0 Å². The quantitative estimate of drug-likeness (QED) is 0.244. The summed E-state index contributed by atoms with van der Waals surface area (Å²) in [5.74, 6) is 0.901. The van der Waals surface area contributed by atoms with E-state index in [1.165, 1.54) is 0 Å². The second kappa shape index (κ2) is 13.0. The number of hydrogen-bond acceptors (Lipinski definition) is 4. The topological polar surface area (TPSA) is 60.7 Å². The molecule has 0 aromatic rings. The molecule has 4 heteroatoms. The molecule has 0 aromatic carbocycles.